The number of thioether (sulfide) groups is 1. The van der Waals surface area contributed by atoms with Gasteiger partial charge in [0.05, 0.1) is 18.9 Å². The Balaban J connectivity index is 1.64. The molecule has 9 heteroatoms. The van der Waals surface area contributed by atoms with Crippen molar-refractivity contribution < 1.29 is 14.3 Å². The maximum Gasteiger partial charge on any atom is 0.237 e. The summed E-state index contributed by atoms with van der Waals surface area (Å²) in [6, 6.07) is 14.5. The number of hydrogen-bond acceptors (Lipinski definition) is 7. The van der Waals surface area contributed by atoms with Gasteiger partial charge < -0.3 is 10.1 Å². The Kier molecular flexibility index (Phi) is 6.61. The van der Waals surface area contributed by atoms with Crippen LogP contribution in [0.3, 0.4) is 0 Å². The van der Waals surface area contributed by atoms with Crippen LogP contribution >= 0.6 is 11.8 Å². The Morgan fingerprint density at radius 2 is 1.97 bits per heavy atom. The average Bonchev–Trinajstić information content (AvgIpc) is 3.15. The fraction of sp³-hybridized carbons (Fsp3) is 0.250. The van der Waals surface area contributed by atoms with Gasteiger partial charge in [-0.05, 0) is 54.1 Å². The van der Waals surface area contributed by atoms with E-state index >= 15 is 0 Å². The summed E-state index contributed by atoms with van der Waals surface area (Å²) in [6.07, 6.45) is 0. The van der Waals surface area contributed by atoms with Crippen molar-refractivity contribution in [1.29, 1.82) is 0 Å². The number of carbonyl (C=O) groups excluding carboxylic acids is 2. The highest BCUT2D eigenvalue weighted by Gasteiger charge is 2.19. The summed E-state index contributed by atoms with van der Waals surface area (Å²) in [6.45, 7) is 3.75. The first-order chi connectivity index (χ1) is 14.0. The van der Waals surface area contributed by atoms with Crippen LogP contribution in [0.25, 0.3) is 0 Å². The van der Waals surface area contributed by atoms with Crippen molar-refractivity contribution in [3.8, 4) is 5.75 Å². The van der Waals surface area contributed by atoms with Gasteiger partial charge in [-0.25, -0.2) is 4.68 Å². The molecule has 8 nitrogen and oxygen atoms in total. The first-order valence-electron chi connectivity index (χ1n) is 8.94. The van der Waals surface area contributed by atoms with Crippen LogP contribution in [0.5, 0.6) is 5.75 Å². The number of nitrogens with zero attached hydrogens (tertiary/aromatic N) is 4. The van der Waals surface area contributed by atoms with Crippen molar-refractivity contribution in [3.05, 3.63) is 59.7 Å². The van der Waals surface area contributed by atoms with E-state index in [1.165, 1.54) is 18.7 Å². The molecule has 0 radical (unpaired) electrons. The summed E-state index contributed by atoms with van der Waals surface area (Å²) < 4.78 is 6.81. The molecular formula is C20H21N5O3S. The van der Waals surface area contributed by atoms with Crippen molar-refractivity contribution in [2.24, 2.45) is 0 Å². The minimum absolute atomic E-state index is 0.0544. The number of ketones is 1. The van der Waals surface area contributed by atoms with Crippen molar-refractivity contribution in [2.45, 2.75) is 30.8 Å². The van der Waals surface area contributed by atoms with Gasteiger partial charge >= 0.3 is 0 Å². The van der Waals surface area contributed by atoms with E-state index in [1.807, 2.05) is 24.3 Å². The fourth-order valence-electron chi connectivity index (χ4n) is 2.56. The minimum atomic E-state index is -0.434. The fourth-order valence-corrected chi connectivity index (χ4v) is 3.34. The summed E-state index contributed by atoms with van der Waals surface area (Å²) in [7, 11) is 1.62. The standard InChI is InChI=1S/C20H21N5O3S/c1-13(26)16-5-4-6-17(11-16)21-19(27)14(2)29-20-22-23-24-25(20)12-15-7-9-18(28-3)10-8-15/h4-11,14H,12H2,1-3H3,(H,21,27). The van der Waals surface area contributed by atoms with Crippen LogP contribution in [0, 0.1) is 0 Å². The minimum Gasteiger partial charge on any atom is -0.497 e. The van der Waals surface area contributed by atoms with Gasteiger partial charge in [-0.2, -0.15) is 0 Å². The van der Waals surface area contributed by atoms with Gasteiger partial charge in [-0.1, -0.05) is 36.0 Å². The van der Waals surface area contributed by atoms with Gasteiger partial charge in [0, 0.05) is 11.3 Å². The van der Waals surface area contributed by atoms with Crippen LogP contribution < -0.4 is 10.1 Å². The van der Waals surface area contributed by atoms with Gasteiger partial charge in [0.25, 0.3) is 0 Å². The zero-order chi connectivity index (χ0) is 20.8. The lowest BCUT2D eigenvalue weighted by Gasteiger charge is -2.12. The first-order valence-corrected chi connectivity index (χ1v) is 9.82. The zero-order valence-electron chi connectivity index (χ0n) is 16.3. The van der Waals surface area contributed by atoms with Crippen molar-refractivity contribution in [3.63, 3.8) is 0 Å². The molecule has 1 amide bonds. The van der Waals surface area contributed by atoms with Crippen LogP contribution in [-0.2, 0) is 11.3 Å². The van der Waals surface area contributed by atoms with Crippen LogP contribution in [-0.4, -0.2) is 44.3 Å². The lowest BCUT2D eigenvalue weighted by atomic mass is 10.1. The Labute approximate surface area is 172 Å². The number of aromatic nitrogens is 4. The van der Waals surface area contributed by atoms with Gasteiger partial charge in [0.1, 0.15) is 5.75 Å². The second kappa shape index (κ2) is 9.33. The van der Waals surface area contributed by atoms with Crippen LogP contribution in [0.2, 0.25) is 0 Å². The topological polar surface area (TPSA) is 99.0 Å². The summed E-state index contributed by atoms with van der Waals surface area (Å²) in [4.78, 5) is 24.1. The Hall–Kier alpha value is -3.20. The molecule has 0 aliphatic rings. The van der Waals surface area contributed by atoms with E-state index in [-0.39, 0.29) is 11.7 Å². The number of methoxy groups -OCH3 is 1. The monoisotopic (exact) mass is 411 g/mol. The Morgan fingerprint density at radius 1 is 1.21 bits per heavy atom. The molecule has 3 aromatic rings. The van der Waals surface area contributed by atoms with Crippen LogP contribution in [0.1, 0.15) is 29.8 Å². The average molecular weight is 411 g/mol. The molecule has 0 fully saturated rings. The van der Waals surface area contributed by atoms with E-state index < -0.39 is 5.25 Å². The summed E-state index contributed by atoms with van der Waals surface area (Å²) in [5.74, 6) is 0.523. The second-order valence-electron chi connectivity index (χ2n) is 6.35. The third-order valence-electron chi connectivity index (χ3n) is 4.18. The molecule has 1 N–H and O–H groups in total. The van der Waals surface area contributed by atoms with E-state index in [2.05, 4.69) is 20.8 Å². The number of carbonyl (C=O) groups is 2. The first kappa shape index (κ1) is 20.5. The van der Waals surface area contributed by atoms with Crippen LogP contribution in [0.15, 0.2) is 53.7 Å². The number of nitrogens with one attached hydrogen (secondary N) is 1. The highest BCUT2D eigenvalue weighted by atomic mass is 32.2. The summed E-state index contributed by atoms with van der Waals surface area (Å²) >= 11 is 1.26. The molecule has 1 unspecified atom stereocenters. The lowest BCUT2D eigenvalue weighted by molar-refractivity contribution is -0.115. The number of rotatable bonds is 8. The highest BCUT2D eigenvalue weighted by molar-refractivity contribution is 8.00. The van der Waals surface area contributed by atoms with E-state index in [1.54, 1.807) is 43.0 Å². The molecule has 150 valence electrons. The molecule has 29 heavy (non-hydrogen) atoms. The number of tetrazole rings is 1. The molecule has 1 aromatic heterocycles. The highest BCUT2D eigenvalue weighted by Crippen LogP contribution is 2.23. The van der Waals surface area contributed by atoms with Gasteiger partial charge in [0.2, 0.25) is 11.1 Å². The van der Waals surface area contributed by atoms with Crippen molar-refractivity contribution in [2.75, 3.05) is 12.4 Å². The molecule has 3 rings (SSSR count). The zero-order valence-corrected chi connectivity index (χ0v) is 17.1. The Morgan fingerprint density at radius 3 is 2.66 bits per heavy atom. The molecule has 0 bridgehead atoms. The number of anilines is 1. The molecule has 0 saturated carbocycles. The van der Waals surface area contributed by atoms with E-state index in [0.29, 0.717) is 23.0 Å². The molecule has 1 atom stereocenters. The second-order valence-corrected chi connectivity index (χ2v) is 7.66. The summed E-state index contributed by atoms with van der Waals surface area (Å²) in [5, 5.41) is 14.7. The largest absolute Gasteiger partial charge is 0.497 e. The maximum atomic E-state index is 12.6. The third kappa shape index (κ3) is 5.41. The smallest absolute Gasteiger partial charge is 0.237 e. The molecular weight excluding hydrogens is 390 g/mol. The molecule has 0 aliphatic heterocycles. The lowest BCUT2D eigenvalue weighted by Crippen LogP contribution is -2.23. The molecule has 0 spiro atoms. The van der Waals surface area contributed by atoms with Crippen molar-refractivity contribution >= 4 is 29.1 Å². The van der Waals surface area contributed by atoms with Gasteiger partial charge in [-0.15, -0.1) is 5.10 Å². The Bertz CT molecular complexity index is 1000. The predicted molar refractivity (Wildman–Crippen MR) is 110 cm³/mol. The number of Topliss-reactive ketones (excluding diaryl/α,β-unsaturated/α-hetero) is 1. The number of hydrogen-bond donors (Lipinski definition) is 1. The van der Waals surface area contributed by atoms with Gasteiger partial charge in [0.15, 0.2) is 5.78 Å². The van der Waals surface area contributed by atoms with E-state index in [9.17, 15) is 9.59 Å². The number of benzene rings is 2. The number of amides is 1. The molecule has 0 saturated heterocycles. The summed E-state index contributed by atoms with van der Waals surface area (Å²) in [5.41, 5.74) is 2.14. The number of ether oxygens (including phenoxy) is 1. The molecule has 0 aliphatic carbocycles. The SMILES string of the molecule is COc1ccc(Cn2nnnc2SC(C)C(=O)Nc2cccc(C(C)=O)c2)cc1. The van der Waals surface area contributed by atoms with Gasteiger partial charge in [-0.3, -0.25) is 9.59 Å². The third-order valence-corrected chi connectivity index (χ3v) is 5.25. The van der Waals surface area contributed by atoms with Crippen molar-refractivity contribution in [1.82, 2.24) is 20.2 Å². The normalized spacial score (nSPS) is 11.7. The van der Waals surface area contributed by atoms with E-state index in [0.717, 1.165) is 11.3 Å². The quantitative estimate of drug-likeness (QED) is 0.449. The molecule has 1 heterocycles. The maximum absolute atomic E-state index is 12.6. The predicted octanol–water partition coefficient (Wildman–Crippen LogP) is 3.05. The molecule has 2 aromatic carbocycles. The van der Waals surface area contributed by atoms with E-state index in [4.69, 9.17) is 4.74 Å². The van der Waals surface area contributed by atoms with Crippen LogP contribution in [0.4, 0.5) is 5.69 Å².